The van der Waals surface area contributed by atoms with E-state index in [9.17, 15) is 13.6 Å². The van der Waals surface area contributed by atoms with E-state index in [1.165, 1.54) is 42.5 Å². The molecule has 0 fully saturated rings. The van der Waals surface area contributed by atoms with Crippen LogP contribution in [0.4, 0.5) is 8.78 Å². The molecule has 0 unspecified atom stereocenters. The standard InChI is InChI=1S/C21H16F2N4O2/c1-27-11-10-24-20(27)19(14-4-8-16(23)9-5-14)25-21(28)17-12-18(29-26-17)13-2-6-15(22)7-3-13/h2-12,19H,1H3,(H,25,28)/t19-/m1/s1. The largest absolute Gasteiger partial charge is 0.355 e. The number of aryl methyl sites for hydroxylation is 1. The molecule has 0 aliphatic carbocycles. The smallest absolute Gasteiger partial charge is 0.274 e. The maximum absolute atomic E-state index is 13.3. The second kappa shape index (κ2) is 7.67. The van der Waals surface area contributed by atoms with Crippen molar-refractivity contribution >= 4 is 5.91 Å². The highest BCUT2D eigenvalue weighted by Gasteiger charge is 2.23. The summed E-state index contributed by atoms with van der Waals surface area (Å²) in [5.74, 6) is -0.320. The van der Waals surface area contributed by atoms with Crippen LogP contribution in [0.15, 0.2) is 71.5 Å². The highest BCUT2D eigenvalue weighted by Crippen LogP contribution is 2.23. The zero-order valence-electron chi connectivity index (χ0n) is 15.3. The second-order valence-electron chi connectivity index (χ2n) is 6.44. The Morgan fingerprint density at radius 1 is 1.07 bits per heavy atom. The number of amides is 1. The van der Waals surface area contributed by atoms with Crippen LogP contribution in [0.1, 0.15) is 27.9 Å². The molecule has 2 aromatic carbocycles. The first-order valence-electron chi connectivity index (χ1n) is 8.77. The van der Waals surface area contributed by atoms with Crippen molar-refractivity contribution in [2.75, 3.05) is 0 Å². The summed E-state index contributed by atoms with van der Waals surface area (Å²) >= 11 is 0. The fourth-order valence-corrected chi connectivity index (χ4v) is 2.94. The molecule has 1 N–H and O–H groups in total. The fraction of sp³-hybridized carbons (Fsp3) is 0.0952. The highest BCUT2D eigenvalue weighted by molar-refractivity contribution is 5.93. The first-order valence-corrected chi connectivity index (χ1v) is 8.77. The van der Waals surface area contributed by atoms with E-state index in [0.717, 1.165) is 0 Å². The number of carbonyl (C=O) groups excluding carboxylic acids is 1. The summed E-state index contributed by atoms with van der Waals surface area (Å²) in [5.41, 5.74) is 1.32. The molecule has 0 saturated heterocycles. The molecule has 0 aliphatic heterocycles. The number of nitrogens with zero attached hydrogens (tertiary/aromatic N) is 3. The fourth-order valence-electron chi connectivity index (χ4n) is 2.94. The van der Waals surface area contributed by atoms with Gasteiger partial charge in [0.1, 0.15) is 23.5 Å². The van der Waals surface area contributed by atoms with Crippen LogP contribution in [0, 0.1) is 11.6 Å². The van der Waals surface area contributed by atoms with Crippen molar-refractivity contribution in [3.8, 4) is 11.3 Å². The first-order chi connectivity index (χ1) is 14.0. The Morgan fingerprint density at radius 3 is 2.34 bits per heavy atom. The molecule has 146 valence electrons. The van der Waals surface area contributed by atoms with Crippen LogP contribution in [-0.4, -0.2) is 20.6 Å². The van der Waals surface area contributed by atoms with Crippen LogP contribution in [0.5, 0.6) is 0 Å². The van der Waals surface area contributed by atoms with Gasteiger partial charge < -0.3 is 14.4 Å². The van der Waals surface area contributed by atoms with Gasteiger partial charge in [-0.25, -0.2) is 13.8 Å². The van der Waals surface area contributed by atoms with E-state index in [0.29, 0.717) is 22.7 Å². The molecule has 0 saturated carbocycles. The Balaban J connectivity index is 1.61. The minimum Gasteiger partial charge on any atom is -0.355 e. The zero-order valence-corrected chi connectivity index (χ0v) is 15.3. The maximum atomic E-state index is 13.3. The lowest BCUT2D eigenvalue weighted by molar-refractivity contribution is 0.0932. The number of imidazole rings is 1. The molecule has 4 rings (SSSR count). The minimum atomic E-state index is -0.617. The van der Waals surface area contributed by atoms with E-state index in [1.54, 1.807) is 36.1 Å². The Hall–Kier alpha value is -3.81. The Morgan fingerprint density at radius 2 is 1.72 bits per heavy atom. The number of aromatic nitrogens is 3. The quantitative estimate of drug-likeness (QED) is 0.558. The van der Waals surface area contributed by atoms with Crippen molar-refractivity contribution in [2.45, 2.75) is 6.04 Å². The SMILES string of the molecule is Cn1ccnc1[C@H](NC(=O)c1cc(-c2ccc(F)cc2)on1)c1ccc(F)cc1. The van der Waals surface area contributed by atoms with Gasteiger partial charge in [0.05, 0.1) is 0 Å². The lowest BCUT2D eigenvalue weighted by Crippen LogP contribution is -2.31. The minimum absolute atomic E-state index is 0.0608. The van der Waals surface area contributed by atoms with E-state index >= 15 is 0 Å². The van der Waals surface area contributed by atoms with Gasteiger partial charge in [0.2, 0.25) is 0 Å². The number of hydrogen-bond acceptors (Lipinski definition) is 4. The maximum Gasteiger partial charge on any atom is 0.274 e. The third-order valence-electron chi connectivity index (χ3n) is 4.47. The summed E-state index contributed by atoms with van der Waals surface area (Å²) in [5, 5.41) is 6.67. The average molecular weight is 394 g/mol. The molecule has 29 heavy (non-hydrogen) atoms. The number of carbonyl (C=O) groups is 1. The van der Waals surface area contributed by atoms with Gasteiger partial charge in [0.15, 0.2) is 11.5 Å². The predicted octanol–water partition coefficient (Wildman–Crippen LogP) is 3.87. The molecule has 4 aromatic rings. The van der Waals surface area contributed by atoms with E-state index < -0.39 is 11.9 Å². The van der Waals surface area contributed by atoms with Crippen molar-refractivity contribution in [3.05, 3.63) is 95.7 Å². The van der Waals surface area contributed by atoms with Gasteiger partial charge in [-0.1, -0.05) is 17.3 Å². The van der Waals surface area contributed by atoms with E-state index in [2.05, 4.69) is 15.5 Å². The van der Waals surface area contributed by atoms with Gasteiger partial charge in [0, 0.05) is 31.1 Å². The van der Waals surface area contributed by atoms with E-state index in [4.69, 9.17) is 4.52 Å². The molecule has 2 aromatic heterocycles. The molecule has 0 radical (unpaired) electrons. The van der Waals surface area contributed by atoms with Crippen molar-refractivity contribution in [1.29, 1.82) is 0 Å². The van der Waals surface area contributed by atoms with Crippen LogP contribution in [-0.2, 0) is 7.05 Å². The van der Waals surface area contributed by atoms with Crippen molar-refractivity contribution in [1.82, 2.24) is 20.0 Å². The molecular formula is C21H16F2N4O2. The summed E-state index contributed by atoms with van der Waals surface area (Å²) < 4.78 is 33.4. The second-order valence-corrected chi connectivity index (χ2v) is 6.44. The topological polar surface area (TPSA) is 73.0 Å². The molecule has 1 amide bonds. The van der Waals surface area contributed by atoms with Gasteiger partial charge in [-0.05, 0) is 42.0 Å². The summed E-state index contributed by atoms with van der Waals surface area (Å²) in [7, 11) is 1.80. The van der Waals surface area contributed by atoms with Crippen molar-refractivity contribution in [2.24, 2.45) is 7.05 Å². The molecule has 0 spiro atoms. The summed E-state index contributed by atoms with van der Waals surface area (Å²) in [4.78, 5) is 17.1. The Kier molecular flexibility index (Phi) is 4.90. The first kappa shape index (κ1) is 18.5. The normalized spacial score (nSPS) is 12.0. The average Bonchev–Trinajstić information content (AvgIpc) is 3.37. The third-order valence-corrected chi connectivity index (χ3v) is 4.47. The lowest BCUT2D eigenvalue weighted by atomic mass is 10.1. The van der Waals surface area contributed by atoms with Gasteiger partial charge >= 0.3 is 0 Å². The number of hydrogen-bond donors (Lipinski definition) is 1. The van der Waals surface area contributed by atoms with Crippen LogP contribution in [0.25, 0.3) is 11.3 Å². The molecule has 1 atom stereocenters. The van der Waals surface area contributed by atoms with E-state index in [-0.39, 0.29) is 17.3 Å². The number of halogens is 2. The number of nitrogens with one attached hydrogen (secondary N) is 1. The van der Waals surface area contributed by atoms with Crippen LogP contribution < -0.4 is 5.32 Å². The summed E-state index contributed by atoms with van der Waals surface area (Å²) in [6, 6.07) is 12.3. The highest BCUT2D eigenvalue weighted by atomic mass is 19.1. The molecule has 8 heteroatoms. The number of benzene rings is 2. The Labute approximate surface area is 164 Å². The predicted molar refractivity (Wildman–Crippen MR) is 101 cm³/mol. The van der Waals surface area contributed by atoms with Crippen LogP contribution in [0.3, 0.4) is 0 Å². The molecule has 6 nitrogen and oxygen atoms in total. The van der Waals surface area contributed by atoms with Gasteiger partial charge in [0.25, 0.3) is 5.91 Å². The Bertz CT molecular complexity index is 1130. The summed E-state index contributed by atoms with van der Waals surface area (Å²) in [6.07, 6.45) is 3.36. The monoisotopic (exact) mass is 394 g/mol. The van der Waals surface area contributed by atoms with Crippen molar-refractivity contribution < 1.29 is 18.1 Å². The van der Waals surface area contributed by atoms with Crippen LogP contribution >= 0.6 is 0 Å². The van der Waals surface area contributed by atoms with Gasteiger partial charge in [-0.15, -0.1) is 0 Å². The zero-order chi connectivity index (χ0) is 20.4. The molecule has 2 heterocycles. The lowest BCUT2D eigenvalue weighted by Gasteiger charge is -2.18. The molecule has 0 aliphatic rings. The molecular weight excluding hydrogens is 378 g/mol. The van der Waals surface area contributed by atoms with Gasteiger partial charge in [-0.2, -0.15) is 0 Å². The van der Waals surface area contributed by atoms with E-state index in [1.807, 2.05) is 0 Å². The summed E-state index contributed by atoms with van der Waals surface area (Å²) in [6.45, 7) is 0. The van der Waals surface area contributed by atoms with Crippen LogP contribution in [0.2, 0.25) is 0 Å². The molecule has 0 bridgehead atoms. The van der Waals surface area contributed by atoms with Gasteiger partial charge in [-0.3, -0.25) is 4.79 Å². The third kappa shape index (κ3) is 3.91. The van der Waals surface area contributed by atoms with Crippen molar-refractivity contribution in [3.63, 3.8) is 0 Å². The number of rotatable bonds is 5.